The second kappa shape index (κ2) is 6.50. The van der Waals surface area contributed by atoms with Gasteiger partial charge in [0.05, 0.1) is 12.3 Å². The highest BCUT2D eigenvalue weighted by molar-refractivity contribution is 9.10. The van der Waals surface area contributed by atoms with E-state index in [4.69, 9.17) is 5.11 Å². The molecule has 0 saturated heterocycles. The van der Waals surface area contributed by atoms with E-state index < -0.39 is 0 Å². The van der Waals surface area contributed by atoms with Crippen molar-refractivity contribution in [1.29, 1.82) is 5.26 Å². The van der Waals surface area contributed by atoms with E-state index in [9.17, 15) is 5.26 Å². The maximum Gasteiger partial charge on any atom is 0.207 e. The zero-order valence-electron chi connectivity index (χ0n) is 11.0. The predicted molar refractivity (Wildman–Crippen MR) is 78.7 cm³/mol. The van der Waals surface area contributed by atoms with E-state index in [0.29, 0.717) is 18.9 Å². The van der Waals surface area contributed by atoms with Crippen molar-refractivity contribution in [3.05, 3.63) is 34.4 Å². The van der Waals surface area contributed by atoms with Crippen LogP contribution in [-0.4, -0.2) is 39.8 Å². The summed E-state index contributed by atoms with van der Waals surface area (Å²) < 4.78 is 0.963. The third kappa shape index (κ3) is 2.98. The summed E-state index contributed by atoms with van der Waals surface area (Å²) in [6.07, 6.45) is 0. The highest BCUT2D eigenvalue weighted by Crippen LogP contribution is 2.18. The summed E-state index contributed by atoms with van der Waals surface area (Å²) in [6, 6.07) is 9.53. The number of anilines is 1. The molecule has 0 saturated carbocycles. The molecule has 6 nitrogen and oxygen atoms in total. The molecule has 0 radical (unpaired) electrons. The molecule has 0 aliphatic rings. The van der Waals surface area contributed by atoms with E-state index in [-0.39, 0.29) is 12.3 Å². The first-order valence-corrected chi connectivity index (χ1v) is 6.98. The Morgan fingerprint density at radius 3 is 2.60 bits per heavy atom. The number of aromatic nitrogens is 3. The van der Waals surface area contributed by atoms with Gasteiger partial charge < -0.3 is 10.0 Å². The zero-order chi connectivity index (χ0) is 14.5. The molecule has 7 heteroatoms. The molecular formula is C13H14BrN5O. The number of likely N-dealkylation sites (N-methyl/N-ethyl adjacent to an activating group) is 1. The van der Waals surface area contributed by atoms with Gasteiger partial charge in [0, 0.05) is 17.6 Å². The highest BCUT2D eigenvalue weighted by Gasteiger charge is 2.17. The van der Waals surface area contributed by atoms with E-state index in [0.717, 1.165) is 10.2 Å². The number of aliphatic hydroxyl groups excluding tert-OH is 1. The second-order valence-electron chi connectivity index (χ2n) is 4.05. The van der Waals surface area contributed by atoms with Crippen LogP contribution in [-0.2, 0) is 0 Å². The molecule has 2 rings (SSSR count). The normalized spacial score (nSPS) is 10.3. The molecule has 1 heterocycles. The van der Waals surface area contributed by atoms with Crippen molar-refractivity contribution in [2.24, 2.45) is 0 Å². The average Bonchev–Trinajstić information content (AvgIpc) is 2.89. The van der Waals surface area contributed by atoms with Gasteiger partial charge in [-0.05, 0) is 31.2 Å². The lowest BCUT2D eigenvalue weighted by atomic mass is 10.3. The quantitative estimate of drug-likeness (QED) is 0.900. The van der Waals surface area contributed by atoms with Crippen LogP contribution in [0.1, 0.15) is 12.6 Å². The molecule has 0 aliphatic carbocycles. The molecule has 0 bridgehead atoms. The van der Waals surface area contributed by atoms with Crippen molar-refractivity contribution in [1.82, 2.24) is 15.0 Å². The van der Waals surface area contributed by atoms with Crippen LogP contribution in [0.5, 0.6) is 0 Å². The molecule has 20 heavy (non-hydrogen) atoms. The fourth-order valence-corrected chi connectivity index (χ4v) is 2.07. The summed E-state index contributed by atoms with van der Waals surface area (Å²) in [5.41, 5.74) is 1.03. The number of aliphatic hydroxyl groups is 1. The second-order valence-corrected chi connectivity index (χ2v) is 4.97. The first-order chi connectivity index (χ1) is 9.69. The lowest BCUT2D eigenvalue weighted by Gasteiger charge is -2.18. The summed E-state index contributed by atoms with van der Waals surface area (Å²) in [5, 5.41) is 26.8. The molecular weight excluding hydrogens is 322 g/mol. The molecule has 104 valence electrons. The van der Waals surface area contributed by atoms with Gasteiger partial charge in [0.1, 0.15) is 6.07 Å². The summed E-state index contributed by atoms with van der Waals surface area (Å²) >= 11 is 3.37. The Balaban J connectivity index is 2.40. The van der Waals surface area contributed by atoms with Crippen molar-refractivity contribution in [3.63, 3.8) is 0 Å². The van der Waals surface area contributed by atoms with Crippen LogP contribution >= 0.6 is 15.9 Å². The topological polar surface area (TPSA) is 78.0 Å². The largest absolute Gasteiger partial charge is 0.395 e. The monoisotopic (exact) mass is 335 g/mol. The molecule has 0 fully saturated rings. The molecule has 1 aromatic heterocycles. The molecule has 0 unspecified atom stereocenters. The summed E-state index contributed by atoms with van der Waals surface area (Å²) in [5.74, 6) is 0.493. The number of halogens is 1. The Morgan fingerprint density at radius 2 is 2.05 bits per heavy atom. The Morgan fingerprint density at radius 1 is 1.35 bits per heavy atom. The van der Waals surface area contributed by atoms with Crippen LogP contribution in [0.3, 0.4) is 0 Å². The first kappa shape index (κ1) is 14.5. The molecule has 0 atom stereocenters. The zero-order valence-corrected chi connectivity index (χ0v) is 12.6. The molecule has 0 amide bonds. The molecule has 0 aliphatic heterocycles. The van der Waals surface area contributed by atoms with Crippen LogP contribution in [0.4, 0.5) is 5.82 Å². The van der Waals surface area contributed by atoms with Crippen LogP contribution < -0.4 is 4.90 Å². The van der Waals surface area contributed by atoms with Crippen molar-refractivity contribution in [2.45, 2.75) is 6.92 Å². The average molecular weight is 336 g/mol. The van der Waals surface area contributed by atoms with Crippen LogP contribution in [0, 0.1) is 11.3 Å². The van der Waals surface area contributed by atoms with Crippen LogP contribution in [0.15, 0.2) is 28.7 Å². The SMILES string of the molecule is CCN(CCO)c1nn(-c2ccc(Br)cc2)nc1C#N. The molecule has 1 N–H and O–H groups in total. The van der Waals surface area contributed by atoms with E-state index in [2.05, 4.69) is 26.1 Å². The Bertz CT molecular complexity index is 617. The Kier molecular flexibility index (Phi) is 4.71. The third-order valence-corrected chi connectivity index (χ3v) is 3.34. The first-order valence-electron chi connectivity index (χ1n) is 6.18. The van der Waals surface area contributed by atoms with Crippen LogP contribution in [0.25, 0.3) is 5.69 Å². The van der Waals surface area contributed by atoms with Crippen molar-refractivity contribution < 1.29 is 5.11 Å². The van der Waals surface area contributed by atoms with Gasteiger partial charge in [-0.25, -0.2) is 0 Å². The van der Waals surface area contributed by atoms with E-state index in [1.54, 1.807) is 0 Å². The van der Waals surface area contributed by atoms with Crippen molar-refractivity contribution in [2.75, 3.05) is 24.6 Å². The smallest absolute Gasteiger partial charge is 0.207 e. The molecule has 1 aromatic carbocycles. The maximum absolute atomic E-state index is 9.17. The van der Waals surface area contributed by atoms with Crippen molar-refractivity contribution in [3.8, 4) is 11.8 Å². The standard InChI is InChI=1S/C13H14BrN5O/c1-2-18(7-8-20)13-12(9-15)16-19(17-13)11-5-3-10(14)4-6-11/h3-6,20H,2,7-8H2,1H3. The molecule has 2 aromatic rings. The van der Waals surface area contributed by atoms with Gasteiger partial charge in [-0.1, -0.05) is 15.9 Å². The lowest BCUT2D eigenvalue weighted by Crippen LogP contribution is -2.27. The van der Waals surface area contributed by atoms with Gasteiger partial charge in [-0.2, -0.15) is 5.26 Å². The predicted octanol–water partition coefficient (Wildman–Crippen LogP) is 1.72. The minimum Gasteiger partial charge on any atom is -0.395 e. The van der Waals surface area contributed by atoms with Gasteiger partial charge in [0.25, 0.3) is 0 Å². The number of nitrogens with zero attached hydrogens (tertiary/aromatic N) is 5. The minimum absolute atomic E-state index is 0.00382. The number of benzene rings is 1. The van der Waals surface area contributed by atoms with Gasteiger partial charge in [-0.15, -0.1) is 15.0 Å². The van der Waals surface area contributed by atoms with E-state index in [1.807, 2.05) is 42.2 Å². The van der Waals surface area contributed by atoms with E-state index >= 15 is 0 Å². The van der Waals surface area contributed by atoms with Gasteiger partial charge >= 0.3 is 0 Å². The van der Waals surface area contributed by atoms with Gasteiger partial charge in [0.2, 0.25) is 5.69 Å². The van der Waals surface area contributed by atoms with Crippen LogP contribution in [0.2, 0.25) is 0 Å². The summed E-state index contributed by atoms with van der Waals surface area (Å²) in [7, 11) is 0. The lowest BCUT2D eigenvalue weighted by molar-refractivity contribution is 0.302. The number of rotatable bonds is 5. The number of nitriles is 1. The summed E-state index contributed by atoms with van der Waals surface area (Å²) in [4.78, 5) is 3.25. The fourth-order valence-electron chi connectivity index (χ4n) is 1.81. The summed E-state index contributed by atoms with van der Waals surface area (Å²) in [6.45, 7) is 3.01. The Labute approximate surface area is 125 Å². The van der Waals surface area contributed by atoms with Crippen molar-refractivity contribution >= 4 is 21.7 Å². The number of hydrogen-bond donors (Lipinski definition) is 1. The van der Waals surface area contributed by atoms with Gasteiger partial charge in [-0.3, -0.25) is 0 Å². The minimum atomic E-state index is 0.00382. The maximum atomic E-state index is 9.17. The van der Waals surface area contributed by atoms with Gasteiger partial charge in [0.15, 0.2) is 5.82 Å². The fraction of sp³-hybridized carbons (Fsp3) is 0.308. The Hall–Kier alpha value is -1.91. The van der Waals surface area contributed by atoms with E-state index in [1.165, 1.54) is 4.80 Å². The third-order valence-electron chi connectivity index (χ3n) is 2.81. The number of hydrogen-bond acceptors (Lipinski definition) is 5. The highest BCUT2D eigenvalue weighted by atomic mass is 79.9. The molecule has 0 spiro atoms.